The molecule has 0 heterocycles. The van der Waals surface area contributed by atoms with E-state index in [0.717, 1.165) is 44.2 Å². The number of aliphatic imine (C=N–C) groups is 1. The minimum absolute atomic E-state index is 0.584. The second-order valence-corrected chi connectivity index (χ2v) is 6.81. The predicted molar refractivity (Wildman–Crippen MR) is 108 cm³/mol. The average Bonchev–Trinajstić information content (AvgIpc) is 2.59. The SMILES string of the molecule is CN=C(NCCCN(C(C)C)C(C)C)NCCc1cccc(OC)c1. The highest BCUT2D eigenvalue weighted by molar-refractivity contribution is 5.79. The predicted octanol–water partition coefficient (Wildman–Crippen LogP) is 2.91. The Labute approximate surface area is 153 Å². The molecule has 0 aliphatic heterocycles. The Morgan fingerprint density at radius 1 is 1.12 bits per heavy atom. The van der Waals surface area contributed by atoms with Crippen LogP contribution in [0, 0.1) is 0 Å². The molecule has 1 aromatic carbocycles. The zero-order valence-corrected chi connectivity index (χ0v) is 16.8. The van der Waals surface area contributed by atoms with Gasteiger partial charge in [0.25, 0.3) is 0 Å². The Hall–Kier alpha value is -1.75. The van der Waals surface area contributed by atoms with Crippen LogP contribution in [0.2, 0.25) is 0 Å². The molecule has 0 spiro atoms. The molecule has 1 aromatic rings. The number of nitrogens with one attached hydrogen (secondary N) is 2. The van der Waals surface area contributed by atoms with E-state index in [9.17, 15) is 0 Å². The minimum Gasteiger partial charge on any atom is -0.497 e. The van der Waals surface area contributed by atoms with Crippen molar-refractivity contribution >= 4 is 5.96 Å². The molecule has 2 N–H and O–H groups in total. The van der Waals surface area contributed by atoms with Crippen LogP contribution in [0.4, 0.5) is 0 Å². The number of ether oxygens (including phenoxy) is 1. The monoisotopic (exact) mass is 348 g/mol. The molecule has 0 aliphatic rings. The van der Waals surface area contributed by atoms with E-state index in [1.807, 2.05) is 19.2 Å². The van der Waals surface area contributed by atoms with Gasteiger partial charge in [0.2, 0.25) is 0 Å². The summed E-state index contributed by atoms with van der Waals surface area (Å²) in [7, 11) is 3.51. The first-order chi connectivity index (χ1) is 12.0. The highest BCUT2D eigenvalue weighted by atomic mass is 16.5. The third-order valence-corrected chi connectivity index (χ3v) is 4.28. The Balaban J connectivity index is 2.28. The van der Waals surface area contributed by atoms with Crippen LogP contribution in [-0.4, -0.2) is 56.7 Å². The van der Waals surface area contributed by atoms with E-state index in [1.165, 1.54) is 5.56 Å². The third kappa shape index (κ3) is 8.25. The van der Waals surface area contributed by atoms with Crippen molar-refractivity contribution in [2.24, 2.45) is 4.99 Å². The van der Waals surface area contributed by atoms with Crippen LogP contribution in [0.1, 0.15) is 39.7 Å². The molecule has 5 nitrogen and oxygen atoms in total. The number of nitrogens with zero attached hydrogens (tertiary/aromatic N) is 2. The first-order valence-electron chi connectivity index (χ1n) is 9.31. The number of methoxy groups -OCH3 is 1. The fraction of sp³-hybridized carbons (Fsp3) is 0.650. The molecule has 0 bridgehead atoms. The molecule has 0 aromatic heterocycles. The largest absolute Gasteiger partial charge is 0.497 e. The number of hydrogen-bond acceptors (Lipinski definition) is 3. The lowest BCUT2D eigenvalue weighted by atomic mass is 10.1. The van der Waals surface area contributed by atoms with E-state index in [1.54, 1.807) is 7.11 Å². The molecular weight excluding hydrogens is 312 g/mol. The van der Waals surface area contributed by atoms with E-state index < -0.39 is 0 Å². The first-order valence-corrected chi connectivity index (χ1v) is 9.31. The Bertz CT molecular complexity index is 506. The van der Waals surface area contributed by atoms with Crippen molar-refractivity contribution in [2.45, 2.75) is 52.6 Å². The minimum atomic E-state index is 0.584. The molecule has 0 amide bonds. The van der Waals surface area contributed by atoms with Gasteiger partial charge in [-0.25, -0.2) is 0 Å². The molecule has 0 unspecified atom stereocenters. The van der Waals surface area contributed by atoms with Crippen LogP contribution < -0.4 is 15.4 Å². The fourth-order valence-electron chi connectivity index (χ4n) is 2.95. The van der Waals surface area contributed by atoms with Crippen molar-refractivity contribution in [1.29, 1.82) is 0 Å². The second-order valence-electron chi connectivity index (χ2n) is 6.81. The molecule has 25 heavy (non-hydrogen) atoms. The maximum Gasteiger partial charge on any atom is 0.190 e. The summed E-state index contributed by atoms with van der Waals surface area (Å²) in [6.07, 6.45) is 2.04. The van der Waals surface area contributed by atoms with E-state index in [-0.39, 0.29) is 0 Å². The van der Waals surface area contributed by atoms with Crippen LogP contribution in [0.5, 0.6) is 5.75 Å². The number of guanidine groups is 1. The van der Waals surface area contributed by atoms with Crippen molar-refractivity contribution < 1.29 is 4.74 Å². The van der Waals surface area contributed by atoms with Gasteiger partial charge >= 0.3 is 0 Å². The smallest absolute Gasteiger partial charge is 0.190 e. The number of benzene rings is 1. The summed E-state index contributed by atoms with van der Waals surface area (Å²) in [6, 6.07) is 9.35. The molecule has 0 atom stereocenters. The summed E-state index contributed by atoms with van der Waals surface area (Å²) in [6.45, 7) is 11.9. The Morgan fingerprint density at radius 3 is 2.40 bits per heavy atom. The summed E-state index contributed by atoms with van der Waals surface area (Å²) in [5.41, 5.74) is 1.26. The van der Waals surface area contributed by atoms with Gasteiger partial charge in [0, 0.05) is 38.8 Å². The first kappa shape index (κ1) is 21.3. The fourth-order valence-corrected chi connectivity index (χ4v) is 2.95. The number of hydrogen-bond donors (Lipinski definition) is 2. The summed E-state index contributed by atoms with van der Waals surface area (Å²) >= 11 is 0. The van der Waals surface area contributed by atoms with Crippen molar-refractivity contribution in [3.8, 4) is 5.75 Å². The van der Waals surface area contributed by atoms with Gasteiger partial charge in [-0.3, -0.25) is 9.89 Å². The normalized spacial score (nSPS) is 12.1. The zero-order valence-electron chi connectivity index (χ0n) is 16.8. The van der Waals surface area contributed by atoms with Crippen molar-refractivity contribution in [2.75, 3.05) is 33.8 Å². The molecule has 1 rings (SSSR count). The molecular formula is C20H36N4O. The summed E-state index contributed by atoms with van der Waals surface area (Å²) in [5.74, 6) is 1.77. The lowest BCUT2D eigenvalue weighted by Crippen LogP contribution is -2.41. The molecule has 0 saturated heterocycles. The standard InChI is InChI=1S/C20H36N4O/c1-16(2)24(17(3)4)14-8-12-22-20(21-5)23-13-11-18-9-7-10-19(15-18)25-6/h7,9-10,15-17H,8,11-14H2,1-6H3,(H2,21,22,23). The summed E-state index contributed by atoms with van der Waals surface area (Å²) < 4.78 is 5.26. The third-order valence-electron chi connectivity index (χ3n) is 4.28. The van der Waals surface area contributed by atoms with Crippen LogP contribution in [0.25, 0.3) is 0 Å². The van der Waals surface area contributed by atoms with Crippen LogP contribution >= 0.6 is 0 Å². The van der Waals surface area contributed by atoms with Gasteiger partial charge in [-0.1, -0.05) is 12.1 Å². The van der Waals surface area contributed by atoms with Crippen LogP contribution in [-0.2, 0) is 6.42 Å². The van der Waals surface area contributed by atoms with Gasteiger partial charge in [-0.05, 0) is 58.2 Å². The number of rotatable bonds is 10. The van der Waals surface area contributed by atoms with E-state index in [4.69, 9.17) is 4.74 Å². The van der Waals surface area contributed by atoms with Gasteiger partial charge in [0.1, 0.15) is 5.75 Å². The average molecular weight is 349 g/mol. The second kappa shape index (κ2) is 11.7. The van der Waals surface area contributed by atoms with Gasteiger partial charge in [0.15, 0.2) is 5.96 Å². The van der Waals surface area contributed by atoms with Crippen LogP contribution in [0.15, 0.2) is 29.3 Å². The molecule has 0 aliphatic carbocycles. The molecule has 0 fully saturated rings. The quantitative estimate of drug-likeness (QED) is 0.388. The van der Waals surface area contributed by atoms with Crippen molar-refractivity contribution in [3.63, 3.8) is 0 Å². The van der Waals surface area contributed by atoms with Gasteiger partial charge in [-0.15, -0.1) is 0 Å². The van der Waals surface area contributed by atoms with Gasteiger partial charge in [-0.2, -0.15) is 0 Å². The van der Waals surface area contributed by atoms with E-state index in [2.05, 4.69) is 60.4 Å². The van der Waals surface area contributed by atoms with Gasteiger partial charge < -0.3 is 15.4 Å². The molecule has 5 heteroatoms. The highest BCUT2D eigenvalue weighted by Gasteiger charge is 2.12. The Kier molecular flexibility index (Phi) is 10.0. The maximum absolute atomic E-state index is 5.26. The van der Waals surface area contributed by atoms with Crippen molar-refractivity contribution in [3.05, 3.63) is 29.8 Å². The topological polar surface area (TPSA) is 48.9 Å². The molecule has 0 radical (unpaired) electrons. The Morgan fingerprint density at radius 2 is 1.80 bits per heavy atom. The summed E-state index contributed by atoms with van der Waals surface area (Å²) in [5, 5.41) is 6.77. The van der Waals surface area contributed by atoms with E-state index in [0.29, 0.717) is 12.1 Å². The lowest BCUT2D eigenvalue weighted by molar-refractivity contribution is 0.173. The van der Waals surface area contributed by atoms with Crippen molar-refractivity contribution in [1.82, 2.24) is 15.5 Å². The molecule has 142 valence electrons. The summed E-state index contributed by atoms with van der Waals surface area (Å²) in [4.78, 5) is 6.81. The van der Waals surface area contributed by atoms with E-state index >= 15 is 0 Å². The van der Waals surface area contributed by atoms with Gasteiger partial charge in [0.05, 0.1) is 7.11 Å². The zero-order chi connectivity index (χ0) is 18.7. The molecule has 0 saturated carbocycles. The maximum atomic E-state index is 5.26. The van der Waals surface area contributed by atoms with Crippen LogP contribution in [0.3, 0.4) is 0 Å². The lowest BCUT2D eigenvalue weighted by Gasteiger charge is -2.30. The highest BCUT2D eigenvalue weighted by Crippen LogP contribution is 2.12.